The van der Waals surface area contributed by atoms with Gasteiger partial charge < -0.3 is 0 Å². The number of aromatic nitrogens is 2. The third-order valence-corrected chi connectivity index (χ3v) is 1.65. The highest BCUT2D eigenvalue weighted by Crippen LogP contribution is 2.23. The lowest BCUT2D eigenvalue weighted by atomic mass is 10.7. The normalized spacial score (nSPS) is 12.0. The van der Waals surface area contributed by atoms with E-state index in [0.717, 1.165) is 6.20 Å². The van der Waals surface area contributed by atoms with Gasteiger partial charge in [0.2, 0.25) is 0 Å². The quantitative estimate of drug-likeness (QED) is 0.653. The second kappa shape index (κ2) is 2.40. The van der Waals surface area contributed by atoms with E-state index in [2.05, 4.69) is 5.10 Å². The van der Waals surface area contributed by atoms with Crippen molar-refractivity contribution in [2.45, 2.75) is 6.30 Å². The first-order chi connectivity index (χ1) is 4.52. The Morgan fingerprint density at radius 2 is 2.10 bits per heavy atom. The monoisotopic (exact) mass is 262 g/mol. The van der Waals surface area contributed by atoms with E-state index in [4.69, 9.17) is 0 Å². The third-order valence-electron chi connectivity index (χ3n) is 0.837. The first-order valence-electron chi connectivity index (χ1n) is 2.28. The molecule has 0 aromatic carbocycles. The third kappa shape index (κ3) is 1.41. The summed E-state index contributed by atoms with van der Waals surface area (Å²) in [4.78, 5) is 0. The van der Waals surface area contributed by atoms with Gasteiger partial charge in [0.05, 0.1) is 6.20 Å². The van der Waals surface area contributed by atoms with Crippen molar-refractivity contribution in [3.8, 4) is 0 Å². The predicted molar refractivity (Wildman–Crippen MR) is 36.2 cm³/mol. The van der Waals surface area contributed by atoms with Crippen LogP contribution in [0.25, 0.3) is 0 Å². The minimum Gasteiger partial charge on any atom is -0.173 e. The average molecular weight is 262 g/mol. The Labute approximate surface area is 68.2 Å². The van der Waals surface area contributed by atoms with Crippen molar-refractivity contribution in [1.29, 1.82) is 0 Å². The molecule has 0 N–H and O–H groups in total. The van der Waals surface area contributed by atoms with Crippen molar-refractivity contribution in [2.24, 2.45) is 0 Å². The van der Waals surface area contributed by atoms with Gasteiger partial charge in [0, 0.05) is 0 Å². The molecule has 0 aliphatic rings. The van der Waals surface area contributed by atoms with E-state index in [-0.39, 0.29) is 8.38 Å². The summed E-state index contributed by atoms with van der Waals surface area (Å²) in [6.07, 6.45) is -3.28. The van der Waals surface area contributed by atoms with Crippen molar-refractivity contribution in [1.82, 2.24) is 9.78 Å². The fraction of sp³-hybridized carbons (Fsp3) is 0.250. The van der Waals surface area contributed by atoms with Crippen LogP contribution in [0.2, 0.25) is 0 Å². The lowest BCUT2D eigenvalue weighted by molar-refractivity contribution is -0.214. The van der Waals surface area contributed by atoms with Crippen LogP contribution in [0.3, 0.4) is 0 Å². The summed E-state index contributed by atoms with van der Waals surface area (Å²) < 4.78 is 35.4. The maximum atomic E-state index is 11.8. The molecule has 0 bridgehead atoms. The lowest BCUT2D eigenvalue weighted by Crippen LogP contribution is -2.19. The maximum Gasteiger partial charge on any atom is 0.505 e. The summed E-state index contributed by atoms with van der Waals surface area (Å²) in [6, 6.07) is 1.29. The smallest absolute Gasteiger partial charge is 0.173 e. The van der Waals surface area contributed by atoms with Gasteiger partial charge in [0.15, 0.2) is 0 Å². The molecule has 0 saturated heterocycles. The number of hydrogen-bond acceptors (Lipinski definition) is 1. The van der Waals surface area contributed by atoms with Crippen molar-refractivity contribution in [3.05, 3.63) is 16.0 Å². The number of rotatable bonds is 0. The van der Waals surface area contributed by atoms with Gasteiger partial charge >= 0.3 is 6.30 Å². The Balaban J connectivity index is 3.05. The molecule has 1 aromatic rings. The van der Waals surface area contributed by atoms with E-state index in [1.54, 1.807) is 22.6 Å². The molecule has 10 heavy (non-hydrogen) atoms. The number of alkyl halides is 3. The highest BCUT2D eigenvalue weighted by atomic mass is 127. The van der Waals surface area contributed by atoms with Gasteiger partial charge in [0.25, 0.3) is 0 Å². The second-order valence-corrected chi connectivity index (χ2v) is 2.64. The van der Waals surface area contributed by atoms with Crippen LogP contribution in [0.1, 0.15) is 0 Å². The van der Waals surface area contributed by atoms with Crippen LogP contribution in [0.5, 0.6) is 0 Å². The maximum absolute atomic E-state index is 11.8. The molecule has 1 aromatic heterocycles. The van der Waals surface area contributed by atoms with Crippen LogP contribution < -0.4 is 0 Å². The van der Waals surface area contributed by atoms with Crippen LogP contribution in [0, 0.1) is 3.70 Å². The molecular formula is C4H2F3IN2. The average Bonchev–Trinajstić information content (AvgIpc) is 2.11. The van der Waals surface area contributed by atoms with Crippen molar-refractivity contribution in [3.63, 3.8) is 0 Å². The van der Waals surface area contributed by atoms with Crippen molar-refractivity contribution in [2.75, 3.05) is 0 Å². The number of nitrogens with zero attached hydrogens (tertiary/aromatic N) is 2. The largest absolute Gasteiger partial charge is 0.505 e. The Kier molecular flexibility index (Phi) is 1.88. The van der Waals surface area contributed by atoms with Gasteiger partial charge in [-0.05, 0) is 28.7 Å². The zero-order valence-corrected chi connectivity index (χ0v) is 6.72. The molecule has 0 spiro atoms. The van der Waals surface area contributed by atoms with Crippen LogP contribution in [-0.2, 0) is 6.30 Å². The Hall–Kier alpha value is -0.270. The predicted octanol–water partition coefficient (Wildman–Crippen LogP) is 1.96. The van der Waals surface area contributed by atoms with Gasteiger partial charge in [-0.2, -0.15) is 9.78 Å². The molecule has 6 heteroatoms. The molecule has 0 unspecified atom stereocenters. The summed E-state index contributed by atoms with van der Waals surface area (Å²) >= 11 is 1.56. The summed E-state index contributed by atoms with van der Waals surface area (Å²) in [5, 5.41) is 3.07. The first-order valence-corrected chi connectivity index (χ1v) is 3.36. The van der Waals surface area contributed by atoms with E-state index in [9.17, 15) is 13.2 Å². The standard InChI is InChI=1S/C4H2F3IN2/c5-4(6,7)10-3(8)1-2-9-10/h1-2H. The van der Waals surface area contributed by atoms with Crippen LogP contribution >= 0.6 is 22.6 Å². The van der Waals surface area contributed by atoms with Gasteiger partial charge in [-0.15, -0.1) is 13.2 Å². The molecule has 0 atom stereocenters. The molecule has 0 fully saturated rings. The molecule has 56 valence electrons. The fourth-order valence-electron chi connectivity index (χ4n) is 0.474. The molecule has 0 saturated carbocycles. The lowest BCUT2D eigenvalue weighted by Gasteiger charge is -2.05. The summed E-state index contributed by atoms with van der Waals surface area (Å²) in [6.45, 7) is 0. The van der Waals surface area contributed by atoms with E-state index in [0.29, 0.717) is 0 Å². The molecule has 0 aliphatic heterocycles. The highest BCUT2D eigenvalue weighted by Gasteiger charge is 2.32. The van der Waals surface area contributed by atoms with E-state index in [1.807, 2.05) is 0 Å². The van der Waals surface area contributed by atoms with Crippen molar-refractivity contribution >= 4 is 22.6 Å². The molecule has 0 radical (unpaired) electrons. The van der Waals surface area contributed by atoms with E-state index >= 15 is 0 Å². The molecular weight excluding hydrogens is 260 g/mol. The van der Waals surface area contributed by atoms with Gasteiger partial charge in [-0.3, -0.25) is 0 Å². The number of halogens is 4. The summed E-state index contributed by atoms with van der Waals surface area (Å²) in [5.74, 6) is 0. The second-order valence-electron chi connectivity index (χ2n) is 1.53. The van der Waals surface area contributed by atoms with E-state index in [1.165, 1.54) is 6.07 Å². The molecule has 1 rings (SSSR count). The summed E-state index contributed by atoms with van der Waals surface area (Å²) in [7, 11) is 0. The molecule has 2 nitrogen and oxygen atoms in total. The Morgan fingerprint density at radius 3 is 2.30 bits per heavy atom. The van der Waals surface area contributed by atoms with Crippen LogP contribution in [-0.4, -0.2) is 9.78 Å². The summed E-state index contributed by atoms with van der Waals surface area (Å²) in [5.41, 5.74) is 0. The SMILES string of the molecule is FC(F)(F)n1nccc1I. The number of hydrogen-bond donors (Lipinski definition) is 0. The fourth-order valence-corrected chi connectivity index (χ4v) is 1.03. The van der Waals surface area contributed by atoms with Crippen molar-refractivity contribution < 1.29 is 13.2 Å². The molecule has 0 amide bonds. The zero-order chi connectivity index (χ0) is 7.78. The minimum absolute atomic E-state index is 0.00750. The highest BCUT2D eigenvalue weighted by molar-refractivity contribution is 14.1. The zero-order valence-electron chi connectivity index (χ0n) is 4.56. The Bertz CT molecular complexity index is 229. The van der Waals surface area contributed by atoms with Gasteiger partial charge in [0.1, 0.15) is 3.70 Å². The Morgan fingerprint density at radius 1 is 1.50 bits per heavy atom. The van der Waals surface area contributed by atoms with Crippen LogP contribution in [0.4, 0.5) is 13.2 Å². The first kappa shape index (κ1) is 7.83. The topological polar surface area (TPSA) is 17.8 Å². The minimum atomic E-state index is -4.39. The van der Waals surface area contributed by atoms with Gasteiger partial charge in [-0.1, -0.05) is 0 Å². The molecule has 1 heterocycles. The van der Waals surface area contributed by atoms with Crippen LogP contribution in [0.15, 0.2) is 12.3 Å². The van der Waals surface area contributed by atoms with E-state index < -0.39 is 6.30 Å². The molecule has 0 aliphatic carbocycles. The van der Waals surface area contributed by atoms with Gasteiger partial charge in [-0.25, -0.2) is 0 Å².